The van der Waals surface area contributed by atoms with Gasteiger partial charge in [0.15, 0.2) is 0 Å². The van der Waals surface area contributed by atoms with Crippen molar-refractivity contribution in [1.29, 1.82) is 0 Å². The lowest BCUT2D eigenvalue weighted by atomic mass is 10.2. The van der Waals surface area contributed by atoms with Gasteiger partial charge in [-0.15, -0.1) is 0 Å². The Morgan fingerprint density at radius 3 is 1.81 bits per heavy atom. The zero-order valence-electron chi connectivity index (χ0n) is 18.6. The van der Waals surface area contributed by atoms with Crippen LogP contribution in [-0.2, 0) is 17.9 Å². The number of hydrogen-bond acceptors (Lipinski definition) is 5. The lowest BCUT2D eigenvalue weighted by Gasteiger charge is -2.38. The molecule has 0 aliphatic carbocycles. The molecule has 2 heterocycles. The van der Waals surface area contributed by atoms with Gasteiger partial charge >= 0.3 is 0 Å². The van der Waals surface area contributed by atoms with E-state index in [1.165, 1.54) is 11.1 Å². The maximum absolute atomic E-state index is 12.8. The predicted molar refractivity (Wildman–Crippen MR) is 123 cm³/mol. The van der Waals surface area contributed by atoms with Crippen LogP contribution in [0.2, 0.25) is 0 Å². The molecule has 0 unspecified atom stereocenters. The molecule has 0 atom stereocenters. The average molecular weight is 423 g/mol. The molecule has 2 aromatic rings. The first-order valence-electron chi connectivity index (χ1n) is 11.3. The number of piperazine rings is 2. The molecule has 0 radical (unpaired) electrons. The van der Waals surface area contributed by atoms with Crippen molar-refractivity contribution in [2.45, 2.75) is 13.1 Å². The average Bonchev–Trinajstić information content (AvgIpc) is 2.82. The van der Waals surface area contributed by atoms with Crippen molar-refractivity contribution in [3.63, 3.8) is 0 Å². The first-order chi connectivity index (χ1) is 15.2. The van der Waals surface area contributed by atoms with Gasteiger partial charge in [0.25, 0.3) is 0 Å². The van der Waals surface area contributed by atoms with E-state index in [1.54, 1.807) is 7.11 Å². The second-order valence-electron chi connectivity index (χ2n) is 8.54. The van der Waals surface area contributed by atoms with E-state index >= 15 is 0 Å². The zero-order chi connectivity index (χ0) is 21.5. The van der Waals surface area contributed by atoms with Gasteiger partial charge in [0.2, 0.25) is 5.91 Å². The summed E-state index contributed by atoms with van der Waals surface area (Å²) >= 11 is 0. The molecule has 6 heteroatoms. The van der Waals surface area contributed by atoms with Gasteiger partial charge in [-0.25, -0.2) is 0 Å². The lowest BCUT2D eigenvalue weighted by Crippen LogP contribution is -2.53. The number of ether oxygens (including phenoxy) is 1. The van der Waals surface area contributed by atoms with E-state index in [-0.39, 0.29) is 5.91 Å². The van der Waals surface area contributed by atoms with Crippen LogP contribution in [0.15, 0.2) is 54.6 Å². The summed E-state index contributed by atoms with van der Waals surface area (Å²) in [7, 11) is 1.69. The fraction of sp³-hybridized carbons (Fsp3) is 0.480. The molecule has 0 N–H and O–H groups in total. The Balaban J connectivity index is 1.16. The van der Waals surface area contributed by atoms with E-state index in [9.17, 15) is 4.79 Å². The molecule has 0 aromatic heterocycles. The molecule has 4 rings (SSSR count). The molecule has 0 spiro atoms. The van der Waals surface area contributed by atoms with E-state index in [0.29, 0.717) is 6.54 Å². The summed E-state index contributed by atoms with van der Waals surface area (Å²) in [5, 5.41) is 0. The van der Waals surface area contributed by atoms with Gasteiger partial charge in [0, 0.05) is 65.4 Å². The third-order valence-electron chi connectivity index (χ3n) is 6.36. The first-order valence-corrected chi connectivity index (χ1v) is 11.3. The molecule has 2 aliphatic rings. The van der Waals surface area contributed by atoms with Crippen LogP contribution < -0.4 is 4.74 Å². The molecule has 6 nitrogen and oxygen atoms in total. The Morgan fingerprint density at radius 1 is 0.710 bits per heavy atom. The van der Waals surface area contributed by atoms with Crippen molar-refractivity contribution in [1.82, 2.24) is 19.6 Å². The van der Waals surface area contributed by atoms with Gasteiger partial charge in [-0.2, -0.15) is 0 Å². The van der Waals surface area contributed by atoms with Crippen molar-refractivity contribution in [2.24, 2.45) is 0 Å². The summed E-state index contributed by atoms with van der Waals surface area (Å²) in [6, 6.07) is 18.9. The molecule has 2 fully saturated rings. The standard InChI is InChI=1S/C25H34N4O2/c1-31-24-9-7-23(8-10-24)20-27-15-17-29(18-16-27)25(30)21-28-13-11-26(12-14-28)19-22-5-3-2-4-6-22/h2-10H,11-21H2,1H3. The van der Waals surface area contributed by atoms with Crippen molar-refractivity contribution < 1.29 is 9.53 Å². The number of carbonyl (C=O) groups is 1. The van der Waals surface area contributed by atoms with Crippen LogP contribution in [-0.4, -0.2) is 91.5 Å². The largest absolute Gasteiger partial charge is 0.497 e. The molecule has 2 aliphatic heterocycles. The highest BCUT2D eigenvalue weighted by Crippen LogP contribution is 2.15. The zero-order valence-corrected chi connectivity index (χ0v) is 18.6. The Morgan fingerprint density at radius 2 is 1.23 bits per heavy atom. The predicted octanol–water partition coefficient (Wildman–Crippen LogP) is 2.16. The van der Waals surface area contributed by atoms with Crippen LogP contribution >= 0.6 is 0 Å². The fourth-order valence-corrected chi connectivity index (χ4v) is 4.38. The van der Waals surface area contributed by atoms with Gasteiger partial charge in [-0.1, -0.05) is 42.5 Å². The quantitative estimate of drug-likeness (QED) is 0.684. The molecule has 0 bridgehead atoms. The smallest absolute Gasteiger partial charge is 0.236 e. The number of carbonyl (C=O) groups excluding carboxylic acids is 1. The van der Waals surface area contributed by atoms with Crippen molar-refractivity contribution in [3.05, 3.63) is 65.7 Å². The van der Waals surface area contributed by atoms with E-state index in [2.05, 4.69) is 57.2 Å². The maximum atomic E-state index is 12.8. The third-order valence-corrected chi connectivity index (χ3v) is 6.36. The Labute approximate surface area is 186 Å². The molecule has 166 valence electrons. The highest BCUT2D eigenvalue weighted by molar-refractivity contribution is 5.78. The van der Waals surface area contributed by atoms with Gasteiger partial charge in [-0.3, -0.25) is 19.5 Å². The molecule has 2 saturated heterocycles. The van der Waals surface area contributed by atoms with Crippen LogP contribution in [0.1, 0.15) is 11.1 Å². The normalized spacial score (nSPS) is 18.8. The summed E-state index contributed by atoms with van der Waals surface area (Å²) in [6.45, 7) is 9.98. The minimum absolute atomic E-state index is 0.278. The van der Waals surface area contributed by atoms with E-state index in [1.807, 2.05) is 17.0 Å². The van der Waals surface area contributed by atoms with Gasteiger partial charge in [0.1, 0.15) is 5.75 Å². The van der Waals surface area contributed by atoms with Gasteiger partial charge in [0.05, 0.1) is 13.7 Å². The van der Waals surface area contributed by atoms with Crippen molar-refractivity contribution >= 4 is 5.91 Å². The summed E-state index contributed by atoms with van der Waals surface area (Å²) in [5.74, 6) is 1.17. The van der Waals surface area contributed by atoms with E-state index in [4.69, 9.17) is 4.74 Å². The minimum atomic E-state index is 0.278. The van der Waals surface area contributed by atoms with Crippen LogP contribution in [0.4, 0.5) is 0 Å². The van der Waals surface area contributed by atoms with Crippen molar-refractivity contribution in [2.75, 3.05) is 66.0 Å². The Bertz CT molecular complexity index is 811. The molecule has 1 amide bonds. The monoisotopic (exact) mass is 422 g/mol. The number of amides is 1. The topological polar surface area (TPSA) is 39.3 Å². The Kier molecular flexibility index (Phi) is 7.57. The fourth-order valence-electron chi connectivity index (χ4n) is 4.38. The third kappa shape index (κ3) is 6.29. The highest BCUT2D eigenvalue weighted by atomic mass is 16.5. The number of methoxy groups -OCH3 is 1. The summed E-state index contributed by atoms with van der Waals surface area (Å²) < 4.78 is 5.23. The summed E-state index contributed by atoms with van der Waals surface area (Å²) in [5.41, 5.74) is 2.65. The lowest BCUT2D eigenvalue weighted by molar-refractivity contribution is -0.134. The second-order valence-corrected chi connectivity index (χ2v) is 8.54. The van der Waals surface area contributed by atoms with Gasteiger partial charge in [-0.05, 0) is 23.3 Å². The summed E-state index contributed by atoms with van der Waals surface area (Å²) in [4.78, 5) is 22.1. The van der Waals surface area contributed by atoms with E-state index in [0.717, 1.165) is 71.2 Å². The van der Waals surface area contributed by atoms with Crippen LogP contribution in [0.5, 0.6) is 5.75 Å². The molecular formula is C25H34N4O2. The van der Waals surface area contributed by atoms with Crippen LogP contribution in [0.3, 0.4) is 0 Å². The molecule has 0 saturated carbocycles. The molecule has 31 heavy (non-hydrogen) atoms. The maximum Gasteiger partial charge on any atom is 0.236 e. The van der Waals surface area contributed by atoms with Crippen molar-refractivity contribution in [3.8, 4) is 5.75 Å². The van der Waals surface area contributed by atoms with Crippen LogP contribution in [0, 0.1) is 0 Å². The minimum Gasteiger partial charge on any atom is -0.497 e. The van der Waals surface area contributed by atoms with E-state index < -0.39 is 0 Å². The highest BCUT2D eigenvalue weighted by Gasteiger charge is 2.24. The number of nitrogens with zero attached hydrogens (tertiary/aromatic N) is 4. The van der Waals surface area contributed by atoms with Crippen LogP contribution in [0.25, 0.3) is 0 Å². The molecule has 2 aromatic carbocycles. The SMILES string of the molecule is COc1ccc(CN2CCN(C(=O)CN3CCN(Cc4ccccc4)CC3)CC2)cc1. The van der Waals surface area contributed by atoms with Gasteiger partial charge < -0.3 is 9.64 Å². The first kappa shape index (κ1) is 21.8. The molecular weight excluding hydrogens is 388 g/mol. The number of hydrogen-bond donors (Lipinski definition) is 0. The number of rotatable bonds is 7. The number of benzene rings is 2. The summed E-state index contributed by atoms with van der Waals surface area (Å²) in [6.07, 6.45) is 0. The second kappa shape index (κ2) is 10.8. The Hall–Kier alpha value is -2.41.